The summed E-state index contributed by atoms with van der Waals surface area (Å²) in [5, 5.41) is 9.18. The van der Waals surface area contributed by atoms with Gasteiger partial charge in [0.05, 0.1) is 12.1 Å². The van der Waals surface area contributed by atoms with Gasteiger partial charge in [-0.2, -0.15) is 5.10 Å². The van der Waals surface area contributed by atoms with E-state index < -0.39 is 0 Å². The monoisotopic (exact) mass is 447 g/mol. The molecule has 1 aliphatic rings. The molecule has 0 spiro atoms. The second kappa shape index (κ2) is 8.93. The first-order valence-electron chi connectivity index (χ1n) is 10.5. The molecule has 2 heterocycles. The summed E-state index contributed by atoms with van der Waals surface area (Å²) in [5.74, 6) is 1.40. The van der Waals surface area contributed by atoms with Crippen LogP contribution in [0.1, 0.15) is 15.9 Å². The molecule has 1 N–H and O–H groups in total. The van der Waals surface area contributed by atoms with Crippen molar-refractivity contribution in [2.75, 3.05) is 13.2 Å². The van der Waals surface area contributed by atoms with E-state index >= 15 is 0 Å². The lowest BCUT2D eigenvalue weighted by molar-refractivity contribution is 0.0760. The van der Waals surface area contributed by atoms with Gasteiger partial charge in [0.15, 0.2) is 17.6 Å². The van der Waals surface area contributed by atoms with Gasteiger partial charge in [-0.15, -0.1) is 0 Å². The first-order valence-corrected chi connectivity index (χ1v) is 10.9. The van der Waals surface area contributed by atoms with Crippen LogP contribution in [0.4, 0.5) is 0 Å². The van der Waals surface area contributed by atoms with E-state index in [4.69, 9.17) is 21.1 Å². The molecule has 0 fully saturated rings. The van der Waals surface area contributed by atoms with E-state index in [1.165, 1.54) is 0 Å². The van der Waals surface area contributed by atoms with Crippen LogP contribution in [0.15, 0.2) is 72.9 Å². The number of carbonyl (C=O) groups is 1. The number of aromatic nitrogens is 2. The van der Waals surface area contributed by atoms with E-state index in [0.29, 0.717) is 30.3 Å². The van der Waals surface area contributed by atoms with Crippen LogP contribution in [-0.4, -0.2) is 34.9 Å². The minimum absolute atomic E-state index is 0.109. The molecule has 0 bridgehead atoms. The topological polar surface area (TPSA) is 65.4 Å². The Kier molecular flexibility index (Phi) is 5.69. The summed E-state index contributed by atoms with van der Waals surface area (Å²) in [6.07, 6.45) is 2.52. The van der Waals surface area contributed by atoms with Crippen LogP contribution in [0.25, 0.3) is 10.9 Å². The van der Waals surface area contributed by atoms with E-state index in [0.717, 1.165) is 34.4 Å². The van der Waals surface area contributed by atoms with Crippen molar-refractivity contribution >= 4 is 28.4 Å². The quantitative estimate of drug-likeness (QED) is 0.472. The van der Waals surface area contributed by atoms with Crippen molar-refractivity contribution in [1.29, 1.82) is 0 Å². The Labute approximate surface area is 190 Å². The number of amides is 1. The molecular weight excluding hydrogens is 426 g/mol. The highest BCUT2D eigenvalue weighted by Crippen LogP contribution is 2.31. The van der Waals surface area contributed by atoms with E-state index in [1.54, 1.807) is 6.07 Å². The Morgan fingerprint density at radius 3 is 2.84 bits per heavy atom. The molecule has 1 atom stereocenters. The Bertz CT molecular complexity index is 1270. The summed E-state index contributed by atoms with van der Waals surface area (Å²) in [5.41, 5.74) is 2.53. The number of ether oxygens (including phenoxy) is 2. The van der Waals surface area contributed by atoms with Crippen LogP contribution in [-0.2, 0) is 13.0 Å². The van der Waals surface area contributed by atoms with Gasteiger partial charge >= 0.3 is 0 Å². The molecule has 32 heavy (non-hydrogen) atoms. The molecule has 0 radical (unpaired) electrons. The number of rotatable bonds is 6. The highest BCUT2D eigenvalue weighted by Gasteiger charge is 2.21. The first-order chi connectivity index (χ1) is 15.6. The fourth-order valence-corrected chi connectivity index (χ4v) is 4.00. The lowest BCUT2D eigenvalue weighted by Crippen LogP contribution is -2.33. The zero-order valence-corrected chi connectivity index (χ0v) is 18.1. The van der Waals surface area contributed by atoms with Gasteiger partial charge < -0.3 is 14.8 Å². The molecule has 0 saturated heterocycles. The number of fused-ring (bicyclic) bond motifs is 2. The van der Waals surface area contributed by atoms with Crippen molar-refractivity contribution in [3.63, 3.8) is 0 Å². The average Bonchev–Trinajstić information content (AvgIpc) is 3.20. The van der Waals surface area contributed by atoms with Crippen LogP contribution in [0.2, 0.25) is 5.02 Å². The van der Waals surface area contributed by atoms with Crippen molar-refractivity contribution in [3.8, 4) is 11.5 Å². The highest BCUT2D eigenvalue weighted by molar-refractivity contribution is 6.30. The number of carbonyl (C=O) groups excluding carboxylic acids is 1. The molecule has 0 saturated carbocycles. The Hall–Kier alpha value is -3.51. The van der Waals surface area contributed by atoms with Crippen LogP contribution in [0, 0.1) is 0 Å². The molecule has 1 aromatic heterocycles. The molecule has 162 valence electrons. The van der Waals surface area contributed by atoms with Crippen LogP contribution >= 0.6 is 11.6 Å². The van der Waals surface area contributed by atoms with Gasteiger partial charge in [0.1, 0.15) is 6.61 Å². The van der Waals surface area contributed by atoms with Crippen LogP contribution in [0.5, 0.6) is 11.5 Å². The van der Waals surface area contributed by atoms with Gasteiger partial charge in [0.2, 0.25) is 0 Å². The lowest BCUT2D eigenvalue weighted by Gasteiger charge is -2.26. The van der Waals surface area contributed by atoms with Gasteiger partial charge in [0.25, 0.3) is 5.91 Å². The van der Waals surface area contributed by atoms with E-state index in [-0.39, 0.29) is 12.0 Å². The molecule has 1 amide bonds. The summed E-state index contributed by atoms with van der Waals surface area (Å²) in [7, 11) is 0. The first kappa shape index (κ1) is 20.4. The van der Waals surface area contributed by atoms with Crippen molar-refractivity contribution < 1.29 is 14.3 Å². The number of nitrogens with zero attached hydrogens (tertiary/aromatic N) is 2. The van der Waals surface area contributed by atoms with E-state index in [9.17, 15) is 4.79 Å². The fourth-order valence-electron chi connectivity index (χ4n) is 3.79. The van der Waals surface area contributed by atoms with Crippen LogP contribution < -0.4 is 14.8 Å². The number of hydrogen-bond acceptors (Lipinski definition) is 4. The van der Waals surface area contributed by atoms with Crippen molar-refractivity contribution in [2.24, 2.45) is 0 Å². The average molecular weight is 448 g/mol. The number of benzene rings is 3. The predicted molar refractivity (Wildman–Crippen MR) is 124 cm³/mol. The van der Waals surface area contributed by atoms with Gasteiger partial charge in [-0.3, -0.25) is 9.48 Å². The zero-order valence-electron chi connectivity index (χ0n) is 17.3. The minimum atomic E-state index is -0.131. The lowest BCUT2D eigenvalue weighted by atomic mass is 10.1. The number of para-hydroxylation sites is 2. The summed E-state index contributed by atoms with van der Waals surface area (Å²) in [4.78, 5) is 12.6. The molecule has 1 unspecified atom stereocenters. The minimum Gasteiger partial charge on any atom is -0.486 e. The van der Waals surface area contributed by atoms with E-state index in [1.807, 2.05) is 71.5 Å². The maximum Gasteiger partial charge on any atom is 0.251 e. The second-order valence-electron chi connectivity index (χ2n) is 7.76. The van der Waals surface area contributed by atoms with Gasteiger partial charge in [-0.05, 0) is 54.4 Å². The van der Waals surface area contributed by atoms with Crippen molar-refractivity contribution in [2.45, 2.75) is 19.1 Å². The maximum absolute atomic E-state index is 12.6. The summed E-state index contributed by atoms with van der Waals surface area (Å²) in [6.45, 7) is 1.56. The second-order valence-corrected chi connectivity index (χ2v) is 8.19. The van der Waals surface area contributed by atoms with Gasteiger partial charge in [-0.25, -0.2) is 0 Å². The highest BCUT2D eigenvalue weighted by atomic mass is 35.5. The molecule has 3 aromatic carbocycles. The summed E-state index contributed by atoms with van der Waals surface area (Å²) >= 11 is 6.01. The molecule has 1 aliphatic heterocycles. The summed E-state index contributed by atoms with van der Waals surface area (Å²) < 4.78 is 13.6. The molecule has 5 rings (SSSR count). The van der Waals surface area contributed by atoms with E-state index in [2.05, 4.69) is 10.4 Å². The zero-order chi connectivity index (χ0) is 21.9. The third kappa shape index (κ3) is 4.55. The van der Waals surface area contributed by atoms with Crippen LogP contribution in [0.3, 0.4) is 0 Å². The molecule has 4 aromatic rings. The molecule has 6 nitrogen and oxygen atoms in total. The van der Waals surface area contributed by atoms with Crippen molar-refractivity contribution in [1.82, 2.24) is 15.1 Å². The number of halogens is 1. The smallest absolute Gasteiger partial charge is 0.251 e. The third-order valence-corrected chi connectivity index (χ3v) is 5.60. The summed E-state index contributed by atoms with van der Waals surface area (Å²) in [6, 6.07) is 20.8. The fraction of sp³-hybridized carbons (Fsp3) is 0.200. The normalized spacial score (nSPS) is 15.0. The SMILES string of the molecule is O=C(NCCc1cccc(Cl)c1)c1ccc2nn(CC3COc4ccccc4O3)cc2c1. The molecule has 0 aliphatic carbocycles. The Morgan fingerprint density at radius 2 is 1.97 bits per heavy atom. The van der Waals surface area contributed by atoms with Crippen molar-refractivity contribution in [3.05, 3.63) is 89.1 Å². The standard InChI is InChI=1S/C25H22ClN3O3/c26-20-5-3-4-17(12-20)10-11-27-25(30)18-8-9-22-19(13-18)14-29(28-22)15-21-16-31-23-6-1-2-7-24(23)32-21/h1-9,12-14,21H,10-11,15-16H2,(H,27,30). The predicted octanol–water partition coefficient (Wildman–Crippen LogP) is 4.50. The number of nitrogens with one attached hydrogen (secondary N) is 1. The maximum atomic E-state index is 12.6. The number of hydrogen-bond donors (Lipinski definition) is 1. The van der Waals surface area contributed by atoms with Gasteiger partial charge in [-0.1, -0.05) is 35.9 Å². The Morgan fingerprint density at radius 1 is 1.09 bits per heavy atom. The molecule has 7 heteroatoms. The van der Waals surface area contributed by atoms with Gasteiger partial charge in [0, 0.05) is 28.7 Å². The third-order valence-electron chi connectivity index (χ3n) is 5.36. The Balaban J connectivity index is 1.21. The largest absolute Gasteiger partial charge is 0.486 e. The molecular formula is C25H22ClN3O3.